The zero-order valence-electron chi connectivity index (χ0n) is 20.3. The average molecular weight is 650 g/mol. The van der Waals surface area contributed by atoms with Crippen molar-refractivity contribution in [2.24, 2.45) is 22.7 Å². The minimum atomic E-state index is 0.441. The van der Waals surface area contributed by atoms with E-state index in [2.05, 4.69) is 85.9 Å². The van der Waals surface area contributed by atoms with Gasteiger partial charge in [-0.2, -0.15) is 0 Å². The summed E-state index contributed by atoms with van der Waals surface area (Å²) in [4.78, 5) is 9.78. The van der Waals surface area contributed by atoms with Crippen LogP contribution in [0.15, 0.2) is 42.7 Å². The van der Waals surface area contributed by atoms with Gasteiger partial charge in [-0.05, 0) is 82.4 Å². The summed E-state index contributed by atoms with van der Waals surface area (Å²) < 4.78 is 0. The van der Waals surface area contributed by atoms with Crippen molar-refractivity contribution in [3.05, 3.63) is 71.0 Å². The van der Waals surface area contributed by atoms with E-state index in [-0.39, 0.29) is 0 Å². The van der Waals surface area contributed by atoms with Gasteiger partial charge in [-0.1, -0.05) is 51.0 Å². The summed E-state index contributed by atoms with van der Waals surface area (Å²) in [5.74, 6) is 3.01. The molecule has 4 unspecified atom stereocenters. The van der Waals surface area contributed by atoms with Crippen LogP contribution in [0.5, 0.6) is 0 Å². The third-order valence-corrected chi connectivity index (χ3v) is 10.0. The van der Waals surface area contributed by atoms with Crippen LogP contribution in [0, 0.1) is 28.7 Å². The van der Waals surface area contributed by atoms with Crippen molar-refractivity contribution in [1.29, 1.82) is 0 Å². The van der Waals surface area contributed by atoms with Crippen LogP contribution >= 0.6 is 9.42 Å². The molecule has 4 heteroatoms. The average Bonchev–Trinajstić information content (AvgIpc) is 2.88. The molecule has 2 heterocycles. The molecule has 6 aliphatic rings. The van der Waals surface area contributed by atoms with Gasteiger partial charge in [0, 0.05) is 23.8 Å². The molecule has 178 valence electrons. The summed E-state index contributed by atoms with van der Waals surface area (Å²) in [5, 5.41) is 0. The van der Waals surface area contributed by atoms with Crippen LogP contribution in [0.3, 0.4) is 0 Å². The Bertz CT molecular complexity index is 1190. The van der Waals surface area contributed by atoms with E-state index in [1.807, 2.05) is 0 Å². The van der Waals surface area contributed by atoms with Crippen molar-refractivity contribution in [2.75, 3.05) is 0 Å². The Labute approximate surface area is 218 Å². The number of aromatic nitrogens is 2. The Hall–Kier alpha value is -1.50. The Morgan fingerprint density at radius 1 is 0.794 bits per heavy atom. The Morgan fingerprint density at radius 2 is 1.24 bits per heavy atom. The predicted molar refractivity (Wildman–Crippen MR) is 134 cm³/mol. The number of benzene rings is 1. The summed E-state index contributed by atoms with van der Waals surface area (Å²) in [6.45, 7) is 9.71. The van der Waals surface area contributed by atoms with E-state index in [1.54, 1.807) is 18.8 Å². The van der Waals surface area contributed by atoms with E-state index >= 15 is 0 Å². The molecule has 0 saturated heterocycles. The minimum absolute atomic E-state index is 0.441. The summed E-state index contributed by atoms with van der Waals surface area (Å²) in [6, 6.07) is 14.7. The van der Waals surface area contributed by atoms with Crippen molar-refractivity contribution in [3.8, 4) is 22.5 Å². The Balaban J connectivity index is 0.00000106. The normalized spacial score (nSPS) is 28.3. The molecule has 1 aromatic carbocycles. The molecule has 4 atom stereocenters. The first-order chi connectivity index (χ1) is 16.3. The van der Waals surface area contributed by atoms with Crippen molar-refractivity contribution < 1.29 is 18.8 Å². The molecule has 2 saturated carbocycles. The fourth-order valence-corrected chi connectivity index (χ4v) is 7.37. The fourth-order valence-electron chi connectivity index (χ4n) is 7.37. The molecule has 0 aliphatic heterocycles. The second-order valence-corrected chi connectivity index (χ2v) is 12.0. The monoisotopic (exact) mass is 649 g/mol. The molecule has 2 nitrogen and oxygen atoms in total. The maximum atomic E-state index is 4.89. The van der Waals surface area contributed by atoms with E-state index in [4.69, 9.17) is 9.97 Å². The zero-order valence-corrected chi connectivity index (χ0v) is 23.3. The summed E-state index contributed by atoms with van der Waals surface area (Å²) in [5.41, 5.74) is 11.1. The molecule has 9 rings (SSSR count). The SMILES string of the molecule is CC1(C)C2Cc3cc(-c4[c-]c(-c5cc6c(cn5)C5CC(C6)C5(C)C)ccc4)ncc3C1C2.[Cl][Pt+]. The maximum absolute atomic E-state index is 4.89. The molecule has 0 N–H and O–H groups in total. The van der Waals surface area contributed by atoms with Crippen LogP contribution in [0.25, 0.3) is 22.5 Å². The molecule has 3 aromatic rings. The quantitative estimate of drug-likeness (QED) is 0.266. The van der Waals surface area contributed by atoms with Crippen molar-refractivity contribution in [1.82, 2.24) is 9.97 Å². The van der Waals surface area contributed by atoms with Crippen molar-refractivity contribution in [3.63, 3.8) is 0 Å². The molecule has 2 fully saturated rings. The van der Waals surface area contributed by atoms with Gasteiger partial charge < -0.3 is 0 Å². The first-order valence-corrected chi connectivity index (χ1v) is 15.3. The van der Waals surface area contributed by atoms with Gasteiger partial charge in [0.15, 0.2) is 0 Å². The number of pyridine rings is 2. The van der Waals surface area contributed by atoms with Gasteiger partial charge >= 0.3 is 28.2 Å². The van der Waals surface area contributed by atoms with E-state index in [1.165, 1.54) is 47.9 Å². The van der Waals surface area contributed by atoms with Gasteiger partial charge in [-0.15, -0.1) is 24.3 Å². The summed E-state index contributed by atoms with van der Waals surface area (Å²) in [7, 11) is 4.61. The fraction of sp³-hybridized carbons (Fsp3) is 0.467. The third-order valence-electron chi connectivity index (χ3n) is 10.0. The van der Waals surface area contributed by atoms with Crippen LogP contribution in [-0.2, 0) is 31.6 Å². The molecule has 6 aliphatic carbocycles. The van der Waals surface area contributed by atoms with Gasteiger partial charge in [0.1, 0.15) is 0 Å². The molecule has 4 bridgehead atoms. The Kier molecular flexibility index (Phi) is 5.40. The van der Waals surface area contributed by atoms with E-state index in [0.717, 1.165) is 34.4 Å². The number of hydrogen-bond donors (Lipinski definition) is 0. The van der Waals surface area contributed by atoms with Gasteiger partial charge in [-0.3, -0.25) is 9.97 Å². The second-order valence-electron chi connectivity index (χ2n) is 12.0. The standard InChI is InChI=1S/C30H31N2.ClH.Pt/c1-29(2)21-9-19-11-27(31-15-23(19)25(29)13-21)17-6-5-7-18(8-17)28-12-20-10-22-14-26(30(22,3)4)24(20)16-32-28;;/h5-7,11-12,15-16,21-22,25-26H,9-10,13-14H2,1-4H3;1H;/q-1;;+2/p-1. The van der Waals surface area contributed by atoms with Crippen molar-refractivity contribution in [2.45, 2.75) is 65.2 Å². The molecular formula is C30H31ClN2Pt. The van der Waals surface area contributed by atoms with E-state index in [0.29, 0.717) is 22.7 Å². The Morgan fingerprint density at radius 3 is 1.65 bits per heavy atom. The van der Waals surface area contributed by atoms with Crippen LogP contribution in [-0.4, -0.2) is 9.97 Å². The predicted octanol–water partition coefficient (Wildman–Crippen LogP) is 7.67. The van der Waals surface area contributed by atoms with Gasteiger partial charge in [0.05, 0.1) is 0 Å². The summed E-state index contributed by atoms with van der Waals surface area (Å²) >= 11 is 1.61. The molecule has 34 heavy (non-hydrogen) atoms. The number of nitrogens with zero attached hydrogens (tertiary/aromatic N) is 2. The number of hydrogen-bond acceptors (Lipinski definition) is 2. The first-order valence-electron chi connectivity index (χ1n) is 12.4. The number of rotatable bonds is 2. The van der Waals surface area contributed by atoms with E-state index < -0.39 is 0 Å². The summed E-state index contributed by atoms with van der Waals surface area (Å²) in [6.07, 6.45) is 9.37. The van der Waals surface area contributed by atoms with Crippen LogP contribution in [0.1, 0.15) is 74.6 Å². The van der Waals surface area contributed by atoms with Crippen LogP contribution in [0.2, 0.25) is 0 Å². The van der Waals surface area contributed by atoms with E-state index in [9.17, 15) is 0 Å². The van der Waals surface area contributed by atoms with Gasteiger partial charge in [-0.25, -0.2) is 0 Å². The third kappa shape index (κ3) is 3.24. The van der Waals surface area contributed by atoms with Crippen LogP contribution in [0.4, 0.5) is 0 Å². The zero-order chi connectivity index (χ0) is 23.8. The molecule has 0 spiro atoms. The topological polar surface area (TPSA) is 25.8 Å². The second kappa shape index (κ2) is 8.00. The molecule has 0 radical (unpaired) electrons. The molecular weight excluding hydrogens is 619 g/mol. The van der Waals surface area contributed by atoms with Gasteiger partial charge in [0.2, 0.25) is 0 Å². The number of halogens is 1. The molecule has 2 aromatic heterocycles. The van der Waals surface area contributed by atoms with Crippen LogP contribution < -0.4 is 0 Å². The first kappa shape index (κ1) is 22.9. The van der Waals surface area contributed by atoms with Gasteiger partial charge in [0.25, 0.3) is 0 Å². The molecule has 0 amide bonds. The van der Waals surface area contributed by atoms with Crippen molar-refractivity contribution >= 4 is 9.42 Å².